The molecule has 0 aliphatic heterocycles. The lowest BCUT2D eigenvalue weighted by molar-refractivity contribution is -0.148. The molecule has 2 N–H and O–H groups in total. The average molecular weight is 552 g/mol. The molecule has 0 saturated heterocycles. The monoisotopic (exact) mass is 551 g/mol. The summed E-state index contributed by atoms with van der Waals surface area (Å²) in [5.74, 6) is -2.16. The second-order valence-corrected chi connectivity index (χ2v) is 10.0. The maximum atomic E-state index is 12.7. The minimum atomic E-state index is -1.56. The number of nitrogens with two attached hydrogens (primary N) is 1. The third-order valence-electron chi connectivity index (χ3n) is 6.43. The quantitative estimate of drug-likeness (QED) is 0.217. The SMILES string of the molecule is CCCC(C)C(=O)Oc1ccc(C[C@](N)(CCOC(=O)O[C@@H](C)CC)C(=O)OC)cc1OC(=O)C(C)CCC. The van der Waals surface area contributed by atoms with Crippen LogP contribution < -0.4 is 15.2 Å². The van der Waals surface area contributed by atoms with Crippen LogP contribution in [-0.2, 0) is 35.0 Å². The fourth-order valence-corrected chi connectivity index (χ4v) is 3.77. The highest BCUT2D eigenvalue weighted by molar-refractivity contribution is 5.81. The van der Waals surface area contributed by atoms with Gasteiger partial charge in [-0.25, -0.2) is 4.79 Å². The molecule has 1 aromatic carbocycles. The normalized spacial score (nSPS) is 14.8. The Morgan fingerprint density at radius 3 is 1.97 bits per heavy atom. The molecule has 1 aromatic rings. The van der Waals surface area contributed by atoms with E-state index in [0.29, 0.717) is 24.8 Å². The molecule has 0 heterocycles. The van der Waals surface area contributed by atoms with Crippen LogP contribution >= 0.6 is 0 Å². The van der Waals surface area contributed by atoms with Crippen LogP contribution in [0.2, 0.25) is 0 Å². The maximum Gasteiger partial charge on any atom is 0.508 e. The second kappa shape index (κ2) is 16.7. The van der Waals surface area contributed by atoms with Crippen LogP contribution in [0.4, 0.5) is 4.79 Å². The van der Waals surface area contributed by atoms with Crippen molar-refractivity contribution in [2.45, 2.75) is 98.1 Å². The highest BCUT2D eigenvalue weighted by Gasteiger charge is 2.36. The summed E-state index contributed by atoms with van der Waals surface area (Å²) >= 11 is 0. The molecule has 0 aliphatic rings. The van der Waals surface area contributed by atoms with Gasteiger partial charge in [0, 0.05) is 12.8 Å². The molecule has 0 amide bonds. The van der Waals surface area contributed by atoms with Crippen LogP contribution in [0.5, 0.6) is 11.5 Å². The third-order valence-corrected chi connectivity index (χ3v) is 6.43. The average Bonchev–Trinajstić information content (AvgIpc) is 2.89. The van der Waals surface area contributed by atoms with Gasteiger partial charge in [-0.1, -0.05) is 53.5 Å². The number of benzene rings is 1. The van der Waals surface area contributed by atoms with Crippen molar-refractivity contribution in [3.63, 3.8) is 0 Å². The molecule has 0 spiro atoms. The predicted octanol–water partition coefficient (Wildman–Crippen LogP) is 5.12. The van der Waals surface area contributed by atoms with Crippen molar-refractivity contribution in [2.24, 2.45) is 17.6 Å². The first kappa shape index (κ1) is 33.9. The molecule has 0 aromatic heterocycles. The molecule has 220 valence electrons. The lowest BCUT2D eigenvalue weighted by Crippen LogP contribution is -2.51. The fourth-order valence-electron chi connectivity index (χ4n) is 3.77. The Morgan fingerprint density at radius 2 is 1.46 bits per heavy atom. The summed E-state index contributed by atoms with van der Waals surface area (Å²) in [6.07, 6.45) is 2.30. The Kier molecular flexibility index (Phi) is 14.5. The summed E-state index contributed by atoms with van der Waals surface area (Å²) in [6, 6.07) is 4.66. The zero-order chi connectivity index (χ0) is 29.6. The predicted molar refractivity (Wildman–Crippen MR) is 145 cm³/mol. The summed E-state index contributed by atoms with van der Waals surface area (Å²) in [4.78, 5) is 49.8. The van der Waals surface area contributed by atoms with Crippen molar-refractivity contribution in [1.29, 1.82) is 0 Å². The number of ether oxygens (including phenoxy) is 5. The summed E-state index contributed by atoms with van der Waals surface area (Å²) in [5, 5.41) is 0. The van der Waals surface area contributed by atoms with Crippen molar-refractivity contribution in [1.82, 2.24) is 0 Å². The van der Waals surface area contributed by atoms with Crippen molar-refractivity contribution in [2.75, 3.05) is 13.7 Å². The first-order valence-corrected chi connectivity index (χ1v) is 13.7. The molecule has 0 saturated carbocycles. The van der Waals surface area contributed by atoms with Gasteiger partial charge in [-0.2, -0.15) is 0 Å². The third kappa shape index (κ3) is 11.2. The topological polar surface area (TPSA) is 140 Å². The van der Waals surface area contributed by atoms with Gasteiger partial charge in [-0.15, -0.1) is 0 Å². The van der Waals surface area contributed by atoms with Gasteiger partial charge in [0.15, 0.2) is 11.5 Å². The van der Waals surface area contributed by atoms with Gasteiger partial charge in [-0.05, 0) is 43.9 Å². The Morgan fingerprint density at radius 1 is 0.897 bits per heavy atom. The number of rotatable bonds is 16. The van der Waals surface area contributed by atoms with Gasteiger partial charge in [0.2, 0.25) is 0 Å². The summed E-state index contributed by atoms with van der Waals surface area (Å²) in [5.41, 5.74) is 5.39. The molecule has 2 unspecified atom stereocenters. The van der Waals surface area contributed by atoms with Crippen molar-refractivity contribution in [3.8, 4) is 11.5 Å². The molecule has 0 aliphatic carbocycles. The van der Waals surface area contributed by atoms with E-state index in [4.69, 9.17) is 29.4 Å². The number of esters is 3. The van der Waals surface area contributed by atoms with Crippen molar-refractivity contribution < 1.29 is 42.9 Å². The molecule has 0 bridgehead atoms. The molecule has 1 rings (SSSR count). The van der Waals surface area contributed by atoms with Crippen molar-refractivity contribution in [3.05, 3.63) is 23.8 Å². The van der Waals surface area contributed by atoms with Crippen molar-refractivity contribution >= 4 is 24.1 Å². The van der Waals surface area contributed by atoms with E-state index in [1.165, 1.54) is 19.2 Å². The minimum absolute atomic E-state index is 0.0288. The van der Waals surface area contributed by atoms with E-state index < -0.39 is 29.6 Å². The van der Waals surface area contributed by atoms with Crippen LogP contribution in [0.15, 0.2) is 18.2 Å². The molecular weight excluding hydrogens is 506 g/mol. The lowest BCUT2D eigenvalue weighted by atomic mass is 9.88. The molecular formula is C29H45NO9. The van der Waals surface area contributed by atoms with E-state index in [1.54, 1.807) is 26.8 Å². The van der Waals surface area contributed by atoms with E-state index in [2.05, 4.69) is 0 Å². The van der Waals surface area contributed by atoms with E-state index >= 15 is 0 Å². The van der Waals surface area contributed by atoms with Crippen LogP contribution in [-0.4, -0.2) is 49.4 Å². The highest BCUT2D eigenvalue weighted by atomic mass is 16.7. The van der Waals surface area contributed by atoms with Crippen LogP contribution in [0.1, 0.15) is 85.6 Å². The fraction of sp³-hybridized carbons (Fsp3) is 0.655. The van der Waals surface area contributed by atoms with Crippen LogP contribution in [0, 0.1) is 11.8 Å². The first-order valence-electron chi connectivity index (χ1n) is 13.7. The smallest absolute Gasteiger partial charge is 0.468 e. The van der Waals surface area contributed by atoms with Gasteiger partial charge in [0.25, 0.3) is 0 Å². The molecule has 10 nitrogen and oxygen atoms in total. The molecule has 4 atom stereocenters. The van der Waals surface area contributed by atoms with E-state index in [0.717, 1.165) is 12.8 Å². The molecule has 0 fully saturated rings. The standard InChI is InChI=1S/C29H45NO9/c1-8-11-19(4)25(31)38-23-14-13-22(17-24(23)39-26(32)20(5)12-9-2)18-29(30,27(33)35-7)15-16-36-28(34)37-21(6)10-3/h13-14,17,19-21H,8-12,15-16,18,30H2,1-7H3/t19?,20?,21-,29+/m0/s1. The Labute approximate surface area is 231 Å². The number of hydrogen-bond donors (Lipinski definition) is 1. The number of hydrogen-bond acceptors (Lipinski definition) is 10. The van der Waals surface area contributed by atoms with Gasteiger partial charge in [0.05, 0.1) is 25.6 Å². The summed E-state index contributed by atoms with van der Waals surface area (Å²) in [7, 11) is 1.21. The number of methoxy groups -OCH3 is 1. The number of carbonyl (C=O) groups is 4. The van der Waals surface area contributed by atoms with Crippen LogP contribution in [0.3, 0.4) is 0 Å². The second-order valence-electron chi connectivity index (χ2n) is 10.0. The highest BCUT2D eigenvalue weighted by Crippen LogP contribution is 2.32. The van der Waals surface area contributed by atoms with E-state index in [1.807, 2.05) is 20.8 Å². The zero-order valence-electron chi connectivity index (χ0n) is 24.4. The Balaban J connectivity index is 3.20. The summed E-state index contributed by atoms with van der Waals surface area (Å²) in [6.45, 7) is 10.9. The van der Waals surface area contributed by atoms with Gasteiger partial charge >= 0.3 is 24.1 Å². The molecule has 10 heteroatoms. The Bertz CT molecular complexity index is 964. The van der Waals surface area contributed by atoms with Gasteiger partial charge in [-0.3, -0.25) is 14.4 Å². The zero-order valence-corrected chi connectivity index (χ0v) is 24.4. The number of carbonyl (C=O) groups excluding carboxylic acids is 4. The largest absolute Gasteiger partial charge is 0.508 e. The van der Waals surface area contributed by atoms with E-state index in [9.17, 15) is 19.2 Å². The maximum absolute atomic E-state index is 12.7. The van der Waals surface area contributed by atoms with Crippen LogP contribution in [0.25, 0.3) is 0 Å². The lowest BCUT2D eigenvalue weighted by Gasteiger charge is -2.27. The first-order chi connectivity index (χ1) is 18.4. The molecule has 0 radical (unpaired) electrons. The molecule has 39 heavy (non-hydrogen) atoms. The minimum Gasteiger partial charge on any atom is -0.468 e. The van der Waals surface area contributed by atoms with E-state index in [-0.39, 0.29) is 48.9 Å². The van der Waals surface area contributed by atoms with Gasteiger partial charge in [0.1, 0.15) is 11.6 Å². The van der Waals surface area contributed by atoms with Gasteiger partial charge < -0.3 is 29.4 Å². The summed E-state index contributed by atoms with van der Waals surface area (Å²) < 4.78 is 26.3. The Hall–Kier alpha value is -3.14.